The maximum atomic E-state index is 12.7. The van der Waals surface area contributed by atoms with Crippen LogP contribution < -0.4 is 9.47 Å². The molecule has 0 bridgehead atoms. The molecule has 2 aromatic carbocycles. The molecule has 4 heteroatoms. The highest BCUT2D eigenvalue weighted by Crippen LogP contribution is 2.47. The van der Waals surface area contributed by atoms with Gasteiger partial charge in [-0.15, -0.1) is 0 Å². The third-order valence-electron chi connectivity index (χ3n) is 5.06. The molecular weight excluding hydrogens is 341 g/mol. The Kier molecular flexibility index (Phi) is 4.25. The SMILES string of the molecule is CC1(C)Cc2cc(OCCF)c3c(c2C(c2ccccc2)=N1)CC(C)(C)O3. The van der Waals surface area contributed by atoms with Crippen molar-refractivity contribution in [2.75, 3.05) is 13.3 Å². The van der Waals surface area contributed by atoms with Gasteiger partial charge in [0, 0.05) is 23.1 Å². The molecule has 2 aliphatic heterocycles. The second kappa shape index (κ2) is 6.36. The first-order valence-electron chi connectivity index (χ1n) is 9.52. The Morgan fingerprint density at radius 1 is 1.11 bits per heavy atom. The summed E-state index contributed by atoms with van der Waals surface area (Å²) in [7, 11) is 0. The van der Waals surface area contributed by atoms with E-state index in [0.29, 0.717) is 5.75 Å². The van der Waals surface area contributed by atoms with Crippen molar-refractivity contribution in [3.63, 3.8) is 0 Å². The summed E-state index contributed by atoms with van der Waals surface area (Å²) in [6.45, 7) is 7.97. The zero-order valence-corrected chi connectivity index (χ0v) is 16.4. The van der Waals surface area contributed by atoms with Gasteiger partial charge < -0.3 is 9.47 Å². The van der Waals surface area contributed by atoms with E-state index in [9.17, 15) is 4.39 Å². The maximum absolute atomic E-state index is 12.7. The number of nitrogens with zero attached hydrogens (tertiary/aromatic N) is 1. The molecule has 0 radical (unpaired) electrons. The number of ether oxygens (including phenoxy) is 2. The molecule has 0 aromatic heterocycles. The van der Waals surface area contributed by atoms with Gasteiger partial charge in [0.25, 0.3) is 0 Å². The van der Waals surface area contributed by atoms with Crippen LogP contribution in [0.25, 0.3) is 0 Å². The Labute approximate surface area is 160 Å². The van der Waals surface area contributed by atoms with E-state index >= 15 is 0 Å². The highest BCUT2D eigenvalue weighted by Gasteiger charge is 2.39. The van der Waals surface area contributed by atoms with E-state index in [2.05, 4.69) is 39.8 Å². The van der Waals surface area contributed by atoms with Crippen LogP contribution in [0.1, 0.15) is 49.9 Å². The average molecular weight is 367 g/mol. The van der Waals surface area contributed by atoms with Crippen molar-refractivity contribution >= 4 is 5.71 Å². The van der Waals surface area contributed by atoms with Gasteiger partial charge in [-0.25, -0.2) is 4.39 Å². The predicted molar refractivity (Wildman–Crippen MR) is 106 cm³/mol. The molecule has 2 aliphatic rings. The van der Waals surface area contributed by atoms with Crippen molar-refractivity contribution < 1.29 is 13.9 Å². The molecule has 0 saturated carbocycles. The second-order valence-corrected chi connectivity index (χ2v) is 8.61. The number of hydrogen-bond donors (Lipinski definition) is 0. The predicted octanol–water partition coefficient (Wildman–Crippen LogP) is 4.92. The van der Waals surface area contributed by atoms with Crippen molar-refractivity contribution in [3.05, 3.63) is 58.7 Å². The molecule has 0 aliphatic carbocycles. The van der Waals surface area contributed by atoms with E-state index in [1.54, 1.807) is 0 Å². The second-order valence-electron chi connectivity index (χ2n) is 8.61. The van der Waals surface area contributed by atoms with Crippen LogP contribution in [-0.2, 0) is 12.8 Å². The smallest absolute Gasteiger partial charge is 0.166 e. The number of fused-ring (bicyclic) bond motifs is 3. The van der Waals surface area contributed by atoms with E-state index < -0.39 is 6.67 Å². The number of aliphatic imine (C=N–C) groups is 1. The number of hydrogen-bond acceptors (Lipinski definition) is 3. The molecule has 0 unspecified atom stereocenters. The Morgan fingerprint density at radius 2 is 1.85 bits per heavy atom. The summed E-state index contributed by atoms with van der Waals surface area (Å²) in [4.78, 5) is 5.10. The van der Waals surface area contributed by atoms with Crippen molar-refractivity contribution in [1.29, 1.82) is 0 Å². The monoisotopic (exact) mass is 367 g/mol. The highest BCUT2D eigenvalue weighted by molar-refractivity contribution is 6.16. The van der Waals surface area contributed by atoms with Crippen LogP contribution >= 0.6 is 0 Å². The van der Waals surface area contributed by atoms with Gasteiger partial charge >= 0.3 is 0 Å². The molecule has 0 fully saturated rings. The van der Waals surface area contributed by atoms with Crippen molar-refractivity contribution in [2.24, 2.45) is 4.99 Å². The molecule has 27 heavy (non-hydrogen) atoms. The summed E-state index contributed by atoms with van der Waals surface area (Å²) in [5, 5.41) is 0. The maximum Gasteiger partial charge on any atom is 0.166 e. The van der Waals surface area contributed by atoms with Gasteiger partial charge in [-0.2, -0.15) is 0 Å². The van der Waals surface area contributed by atoms with Gasteiger partial charge in [-0.1, -0.05) is 30.3 Å². The summed E-state index contributed by atoms with van der Waals surface area (Å²) in [5.74, 6) is 1.40. The largest absolute Gasteiger partial charge is 0.487 e. The van der Waals surface area contributed by atoms with Gasteiger partial charge in [0.1, 0.15) is 18.9 Å². The molecule has 0 N–H and O–H groups in total. The van der Waals surface area contributed by atoms with Crippen molar-refractivity contribution in [3.8, 4) is 11.5 Å². The third-order valence-corrected chi connectivity index (χ3v) is 5.06. The molecule has 4 rings (SSSR count). The van der Waals surface area contributed by atoms with E-state index in [4.69, 9.17) is 14.5 Å². The quantitative estimate of drug-likeness (QED) is 0.768. The molecule has 0 spiro atoms. The molecule has 0 saturated heterocycles. The topological polar surface area (TPSA) is 30.8 Å². The van der Waals surface area contributed by atoms with Gasteiger partial charge in [0.2, 0.25) is 0 Å². The van der Waals surface area contributed by atoms with Crippen LogP contribution in [0.15, 0.2) is 41.4 Å². The fraction of sp³-hybridized carbons (Fsp3) is 0.435. The first-order valence-corrected chi connectivity index (χ1v) is 9.52. The van der Waals surface area contributed by atoms with Crippen LogP contribution in [0.2, 0.25) is 0 Å². The first-order chi connectivity index (χ1) is 12.8. The summed E-state index contributed by atoms with van der Waals surface area (Å²) >= 11 is 0. The minimum atomic E-state index is -0.516. The van der Waals surface area contributed by atoms with E-state index in [1.807, 2.05) is 24.3 Å². The average Bonchev–Trinajstić information content (AvgIpc) is 2.94. The van der Waals surface area contributed by atoms with Gasteiger partial charge in [0.05, 0.1) is 11.3 Å². The fourth-order valence-electron chi connectivity index (χ4n) is 4.13. The summed E-state index contributed by atoms with van der Waals surface area (Å²) in [5.41, 5.74) is 5.08. The zero-order chi connectivity index (χ0) is 19.2. The summed E-state index contributed by atoms with van der Waals surface area (Å²) < 4.78 is 24.7. The fourth-order valence-corrected chi connectivity index (χ4v) is 4.13. The first kappa shape index (κ1) is 18.0. The van der Waals surface area contributed by atoms with Crippen LogP contribution in [-0.4, -0.2) is 30.1 Å². The Hall–Kier alpha value is -2.36. The Balaban J connectivity index is 1.94. The number of alkyl halides is 1. The van der Waals surface area contributed by atoms with E-state index in [1.165, 1.54) is 5.56 Å². The lowest BCUT2D eigenvalue weighted by molar-refractivity contribution is 0.131. The number of rotatable bonds is 4. The van der Waals surface area contributed by atoms with Crippen LogP contribution in [0.4, 0.5) is 4.39 Å². The van der Waals surface area contributed by atoms with Crippen LogP contribution in [0, 0.1) is 0 Å². The summed E-state index contributed by atoms with van der Waals surface area (Å²) in [6.07, 6.45) is 1.60. The normalized spacial score (nSPS) is 18.9. The molecule has 0 atom stereocenters. The van der Waals surface area contributed by atoms with Gasteiger partial charge in [0.15, 0.2) is 11.5 Å². The minimum Gasteiger partial charge on any atom is -0.487 e. The lowest BCUT2D eigenvalue weighted by Crippen LogP contribution is -2.30. The molecule has 3 nitrogen and oxygen atoms in total. The minimum absolute atomic E-state index is 0.0397. The standard InChI is InChI=1S/C23H26FNO2/c1-22(2)13-16-12-18(26-11-10-24)21-17(14-23(3,4)27-21)19(16)20(25-22)15-8-6-5-7-9-15/h5-9,12H,10-11,13-14H2,1-4H3. The zero-order valence-electron chi connectivity index (χ0n) is 16.4. The van der Waals surface area contributed by atoms with Crippen LogP contribution in [0.5, 0.6) is 11.5 Å². The molecule has 142 valence electrons. The lowest BCUT2D eigenvalue weighted by Gasteiger charge is -2.31. The Morgan fingerprint density at radius 3 is 2.56 bits per heavy atom. The molecule has 2 aromatic rings. The third kappa shape index (κ3) is 3.33. The number of halogens is 1. The Bertz CT molecular complexity index is 900. The highest BCUT2D eigenvalue weighted by atomic mass is 19.1. The van der Waals surface area contributed by atoms with Crippen molar-refractivity contribution in [1.82, 2.24) is 0 Å². The molecule has 0 amide bonds. The van der Waals surface area contributed by atoms with Crippen LogP contribution in [0.3, 0.4) is 0 Å². The van der Waals surface area contributed by atoms with Gasteiger partial charge in [-0.05, 0) is 45.7 Å². The number of benzene rings is 2. The molecular formula is C23H26FNO2. The molecule has 2 heterocycles. The van der Waals surface area contributed by atoms with E-state index in [0.717, 1.165) is 41.0 Å². The van der Waals surface area contributed by atoms with E-state index in [-0.39, 0.29) is 17.7 Å². The van der Waals surface area contributed by atoms with Gasteiger partial charge in [-0.3, -0.25) is 4.99 Å². The summed E-state index contributed by atoms with van der Waals surface area (Å²) in [6, 6.07) is 12.3. The van der Waals surface area contributed by atoms with Crippen molar-refractivity contribution in [2.45, 2.75) is 51.7 Å². The lowest BCUT2D eigenvalue weighted by atomic mass is 9.81.